The molecule has 4 aromatic rings. The molecule has 6 nitrogen and oxygen atoms in total. The number of aryl methyl sites for hydroxylation is 1. The van der Waals surface area contributed by atoms with E-state index in [4.69, 9.17) is 4.74 Å². The van der Waals surface area contributed by atoms with Gasteiger partial charge in [0.15, 0.2) is 0 Å². The Morgan fingerprint density at radius 3 is 2.24 bits per heavy atom. The number of anilines is 1. The lowest BCUT2D eigenvalue weighted by atomic mass is 10.1. The van der Waals surface area contributed by atoms with Crippen molar-refractivity contribution >= 4 is 22.5 Å². The number of aromatic nitrogens is 1. The zero-order valence-electron chi connectivity index (χ0n) is 15.6. The third kappa shape index (κ3) is 3.55. The molecule has 2 N–H and O–H groups in total. The quantitative estimate of drug-likeness (QED) is 0.548. The van der Waals surface area contributed by atoms with E-state index in [1.54, 1.807) is 55.6 Å². The van der Waals surface area contributed by atoms with Crippen molar-refractivity contribution in [3.8, 4) is 17.2 Å². The van der Waals surface area contributed by atoms with Crippen molar-refractivity contribution in [2.75, 3.05) is 5.32 Å². The predicted molar refractivity (Wildman–Crippen MR) is 112 cm³/mol. The first-order valence-electron chi connectivity index (χ1n) is 8.99. The summed E-state index contributed by atoms with van der Waals surface area (Å²) in [6.45, 7) is 0. The highest BCUT2D eigenvalue weighted by Gasteiger charge is 2.21. The number of amides is 1. The Labute approximate surface area is 166 Å². The van der Waals surface area contributed by atoms with E-state index in [2.05, 4.69) is 5.32 Å². The molecule has 1 amide bonds. The van der Waals surface area contributed by atoms with Gasteiger partial charge in [-0.2, -0.15) is 0 Å². The molecular weight excluding hydrogens is 368 g/mol. The van der Waals surface area contributed by atoms with Crippen molar-refractivity contribution in [1.29, 1.82) is 0 Å². The van der Waals surface area contributed by atoms with Gasteiger partial charge in [0.25, 0.3) is 11.5 Å². The normalized spacial score (nSPS) is 10.7. The van der Waals surface area contributed by atoms with Crippen molar-refractivity contribution in [1.82, 2.24) is 4.57 Å². The number of rotatable bonds is 4. The minimum absolute atomic E-state index is 0.296. The molecule has 144 valence electrons. The number of fused-ring (bicyclic) bond motifs is 1. The monoisotopic (exact) mass is 386 g/mol. The number of hydrogen-bond donors (Lipinski definition) is 2. The molecule has 0 radical (unpaired) electrons. The molecule has 0 fully saturated rings. The van der Waals surface area contributed by atoms with Crippen LogP contribution in [0.1, 0.15) is 10.4 Å². The molecule has 0 saturated heterocycles. The van der Waals surface area contributed by atoms with Gasteiger partial charge in [-0.1, -0.05) is 30.3 Å². The second-order valence-electron chi connectivity index (χ2n) is 6.50. The maximum atomic E-state index is 12.7. The van der Waals surface area contributed by atoms with Crippen LogP contribution in [0, 0.1) is 0 Å². The Morgan fingerprint density at radius 2 is 1.52 bits per heavy atom. The first-order chi connectivity index (χ1) is 14.0. The number of ether oxygens (including phenoxy) is 1. The number of hydrogen-bond acceptors (Lipinski definition) is 4. The highest BCUT2D eigenvalue weighted by atomic mass is 16.5. The van der Waals surface area contributed by atoms with Crippen LogP contribution in [-0.4, -0.2) is 15.6 Å². The van der Waals surface area contributed by atoms with E-state index in [1.165, 1.54) is 4.57 Å². The average Bonchev–Trinajstić information content (AvgIpc) is 2.74. The number of aromatic hydroxyl groups is 1. The number of carbonyl (C=O) groups is 1. The van der Waals surface area contributed by atoms with Crippen molar-refractivity contribution in [3.63, 3.8) is 0 Å². The van der Waals surface area contributed by atoms with E-state index in [1.807, 2.05) is 30.3 Å². The molecule has 1 heterocycles. The summed E-state index contributed by atoms with van der Waals surface area (Å²) in [4.78, 5) is 25.3. The summed E-state index contributed by atoms with van der Waals surface area (Å²) in [6, 6.07) is 23.0. The summed E-state index contributed by atoms with van der Waals surface area (Å²) in [6.07, 6.45) is 0. The van der Waals surface area contributed by atoms with Crippen LogP contribution in [0.5, 0.6) is 17.2 Å². The van der Waals surface area contributed by atoms with Gasteiger partial charge in [0.1, 0.15) is 22.8 Å². The molecule has 0 unspecified atom stereocenters. The van der Waals surface area contributed by atoms with E-state index in [-0.39, 0.29) is 11.3 Å². The van der Waals surface area contributed by atoms with Crippen LogP contribution in [0.15, 0.2) is 83.7 Å². The molecule has 0 spiro atoms. The van der Waals surface area contributed by atoms with Crippen molar-refractivity contribution in [3.05, 3.63) is 94.8 Å². The van der Waals surface area contributed by atoms with Crippen LogP contribution in [0.3, 0.4) is 0 Å². The fourth-order valence-corrected chi connectivity index (χ4v) is 3.11. The lowest BCUT2D eigenvalue weighted by Gasteiger charge is -2.12. The van der Waals surface area contributed by atoms with Gasteiger partial charge < -0.3 is 19.7 Å². The summed E-state index contributed by atoms with van der Waals surface area (Å²) in [5.41, 5.74) is 0.164. The molecular formula is C23H18N2O4. The van der Waals surface area contributed by atoms with E-state index in [9.17, 15) is 14.7 Å². The molecule has 29 heavy (non-hydrogen) atoms. The zero-order valence-corrected chi connectivity index (χ0v) is 15.6. The third-order valence-corrected chi connectivity index (χ3v) is 4.59. The van der Waals surface area contributed by atoms with Crippen LogP contribution in [-0.2, 0) is 7.05 Å². The van der Waals surface area contributed by atoms with Gasteiger partial charge in [-0.3, -0.25) is 9.59 Å². The standard InChI is InChI=1S/C23H18N2O4/c1-25-19-10-6-5-9-18(19)21(26)20(23(25)28)22(27)24-15-11-13-17(14-12-15)29-16-7-3-2-4-8-16/h2-14,26H,1H3,(H,24,27). The molecule has 1 aromatic heterocycles. The largest absolute Gasteiger partial charge is 0.506 e. The van der Waals surface area contributed by atoms with Gasteiger partial charge in [0, 0.05) is 18.1 Å². The summed E-state index contributed by atoms with van der Waals surface area (Å²) in [5.74, 6) is 0.309. The molecule has 4 rings (SSSR count). The van der Waals surface area contributed by atoms with Gasteiger partial charge >= 0.3 is 0 Å². The summed E-state index contributed by atoms with van der Waals surface area (Å²) >= 11 is 0. The van der Waals surface area contributed by atoms with Gasteiger partial charge in [-0.25, -0.2) is 0 Å². The maximum absolute atomic E-state index is 12.7. The first kappa shape index (κ1) is 18.3. The summed E-state index contributed by atoms with van der Waals surface area (Å²) in [7, 11) is 1.57. The fourth-order valence-electron chi connectivity index (χ4n) is 3.11. The minimum Gasteiger partial charge on any atom is -0.506 e. The SMILES string of the molecule is Cn1c(=O)c(C(=O)Nc2ccc(Oc3ccccc3)cc2)c(O)c2ccccc21. The Balaban J connectivity index is 1.59. The van der Waals surface area contributed by atoms with E-state index < -0.39 is 11.5 Å². The molecule has 3 aromatic carbocycles. The van der Waals surface area contributed by atoms with Crippen molar-refractivity contribution in [2.24, 2.45) is 7.05 Å². The van der Waals surface area contributed by atoms with Crippen LogP contribution >= 0.6 is 0 Å². The van der Waals surface area contributed by atoms with Gasteiger partial charge in [0.05, 0.1) is 5.52 Å². The summed E-state index contributed by atoms with van der Waals surface area (Å²) < 4.78 is 7.07. The smallest absolute Gasteiger partial charge is 0.267 e. The van der Waals surface area contributed by atoms with E-state index in [0.29, 0.717) is 28.1 Å². The summed E-state index contributed by atoms with van der Waals surface area (Å²) in [5, 5.41) is 13.6. The molecule has 0 saturated carbocycles. The fraction of sp³-hybridized carbons (Fsp3) is 0.0435. The number of nitrogens with zero attached hydrogens (tertiary/aromatic N) is 1. The number of para-hydroxylation sites is 2. The molecule has 0 aliphatic rings. The zero-order chi connectivity index (χ0) is 20.4. The second-order valence-corrected chi connectivity index (χ2v) is 6.50. The first-order valence-corrected chi connectivity index (χ1v) is 8.99. The van der Waals surface area contributed by atoms with Gasteiger partial charge in [-0.15, -0.1) is 0 Å². The second kappa shape index (κ2) is 7.52. The lowest BCUT2D eigenvalue weighted by Crippen LogP contribution is -2.28. The van der Waals surface area contributed by atoms with Gasteiger partial charge in [-0.05, 0) is 48.5 Å². The molecule has 0 aliphatic carbocycles. The van der Waals surface area contributed by atoms with Crippen LogP contribution in [0.4, 0.5) is 5.69 Å². The van der Waals surface area contributed by atoms with Crippen molar-refractivity contribution < 1.29 is 14.6 Å². The minimum atomic E-state index is -0.675. The average molecular weight is 386 g/mol. The Hall–Kier alpha value is -4.06. The molecule has 0 aliphatic heterocycles. The van der Waals surface area contributed by atoms with Crippen LogP contribution < -0.4 is 15.6 Å². The van der Waals surface area contributed by atoms with Crippen LogP contribution in [0.25, 0.3) is 10.9 Å². The van der Waals surface area contributed by atoms with E-state index in [0.717, 1.165) is 0 Å². The third-order valence-electron chi connectivity index (χ3n) is 4.59. The lowest BCUT2D eigenvalue weighted by molar-refractivity contribution is 0.102. The molecule has 0 atom stereocenters. The van der Waals surface area contributed by atoms with Gasteiger partial charge in [0.2, 0.25) is 0 Å². The van der Waals surface area contributed by atoms with Crippen molar-refractivity contribution in [2.45, 2.75) is 0 Å². The number of pyridine rings is 1. The number of carbonyl (C=O) groups excluding carboxylic acids is 1. The highest BCUT2D eigenvalue weighted by molar-refractivity contribution is 6.09. The molecule has 0 bridgehead atoms. The maximum Gasteiger partial charge on any atom is 0.267 e. The highest BCUT2D eigenvalue weighted by Crippen LogP contribution is 2.27. The topological polar surface area (TPSA) is 80.6 Å². The number of nitrogens with one attached hydrogen (secondary N) is 1. The predicted octanol–water partition coefficient (Wildman–Crippen LogP) is 4.29. The number of benzene rings is 3. The molecule has 6 heteroatoms. The Bertz CT molecular complexity index is 1250. The van der Waals surface area contributed by atoms with E-state index >= 15 is 0 Å². The Morgan fingerprint density at radius 1 is 0.897 bits per heavy atom. The van der Waals surface area contributed by atoms with Crippen LogP contribution in [0.2, 0.25) is 0 Å². The Kier molecular flexibility index (Phi) is 4.75.